The van der Waals surface area contributed by atoms with Gasteiger partial charge in [-0.2, -0.15) is 0 Å². The Kier molecular flexibility index (Phi) is 7.21. The number of carbonyl (C=O) groups is 1. The van der Waals surface area contributed by atoms with Crippen LogP contribution in [0.2, 0.25) is 0 Å². The number of ether oxygens (including phenoxy) is 1. The third-order valence-electron chi connectivity index (χ3n) is 4.73. The number of nitrogens with zero attached hydrogens (tertiary/aromatic N) is 3. The van der Waals surface area contributed by atoms with Crippen molar-refractivity contribution in [2.45, 2.75) is 25.9 Å². The van der Waals surface area contributed by atoms with Crippen LogP contribution >= 0.6 is 0 Å². The molecule has 5 nitrogen and oxygen atoms in total. The maximum Gasteiger partial charge on any atom is 0.253 e. The van der Waals surface area contributed by atoms with Gasteiger partial charge in [0.1, 0.15) is 0 Å². The number of methoxy groups -OCH3 is 1. The number of benzene rings is 1. The maximum absolute atomic E-state index is 12.1. The topological polar surface area (TPSA) is 36.0 Å². The lowest BCUT2D eigenvalue weighted by Crippen LogP contribution is -2.53. The fourth-order valence-corrected chi connectivity index (χ4v) is 3.31. The summed E-state index contributed by atoms with van der Waals surface area (Å²) >= 11 is 0. The predicted octanol–water partition coefficient (Wildman–Crippen LogP) is 1.93. The number of piperazine rings is 1. The van der Waals surface area contributed by atoms with Crippen LogP contribution in [-0.2, 0) is 11.3 Å². The zero-order valence-electron chi connectivity index (χ0n) is 15.5. The number of amides is 1. The van der Waals surface area contributed by atoms with Crippen molar-refractivity contribution in [3.8, 4) is 0 Å². The van der Waals surface area contributed by atoms with Gasteiger partial charge in [-0.25, -0.2) is 0 Å². The molecule has 0 aromatic heterocycles. The highest BCUT2D eigenvalue weighted by Crippen LogP contribution is 2.16. The molecule has 1 fully saturated rings. The first-order chi connectivity index (χ1) is 11.5. The molecule has 1 amide bonds. The van der Waals surface area contributed by atoms with Gasteiger partial charge in [0.05, 0.1) is 6.61 Å². The summed E-state index contributed by atoms with van der Waals surface area (Å²) in [4.78, 5) is 18.8. The van der Waals surface area contributed by atoms with Crippen LogP contribution in [0.3, 0.4) is 0 Å². The third-order valence-corrected chi connectivity index (χ3v) is 4.73. The van der Waals surface area contributed by atoms with Crippen LogP contribution in [0.5, 0.6) is 0 Å². The Morgan fingerprint density at radius 3 is 2.79 bits per heavy atom. The molecular formula is C19H31N3O2. The van der Waals surface area contributed by atoms with Crippen LogP contribution in [-0.4, -0.2) is 80.6 Å². The van der Waals surface area contributed by atoms with Gasteiger partial charge in [0.15, 0.2) is 0 Å². The predicted molar refractivity (Wildman–Crippen MR) is 97.3 cm³/mol. The van der Waals surface area contributed by atoms with Crippen LogP contribution in [0.25, 0.3) is 0 Å². The number of hydrogen-bond donors (Lipinski definition) is 0. The van der Waals surface area contributed by atoms with E-state index in [-0.39, 0.29) is 5.91 Å². The highest BCUT2D eigenvalue weighted by Gasteiger charge is 2.25. The molecule has 1 atom stereocenters. The molecule has 134 valence electrons. The summed E-state index contributed by atoms with van der Waals surface area (Å²) in [6.45, 7) is 8.19. The fraction of sp³-hybridized carbons (Fsp3) is 0.632. The molecule has 1 saturated heterocycles. The smallest absolute Gasteiger partial charge is 0.253 e. The first-order valence-corrected chi connectivity index (χ1v) is 8.81. The van der Waals surface area contributed by atoms with Gasteiger partial charge in [0, 0.05) is 65.5 Å². The Morgan fingerprint density at radius 1 is 1.33 bits per heavy atom. The first kappa shape index (κ1) is 18.9. The Balaban J connectivity index is 1.97. The fourth-order valence-electron chi connectivity index (χ4n) is 3.31. The Bertz CT molecular complexity index is 533. The summed E-state index contributed by atoms with van der Waals surface area (Å²) in [5.74, 6) is 0.0627. The summed E-state index contributed by atoms with van der Waals surface area (Å²) in [5.41, 5.74) is 1.98. The summed E-state index contributed by atoms with van der Waals surface area (Å²) in [5, 5.41) is 0. The minimum absolute atomic E-state index is 0.0627. The molecule has 0 saturated carbocycles. The quantitative estimate of drug-likeness (QED) is 0.764. The second kappa shape index (κ2) is 9.16. The molecule has 0 radical (unpaired) electrons. The summed E-state index contributed by atoms with van der Waals surface area (Å²) in [6.07, 6.45) is 1.15. The van der Waals surface area contributed by atoms with Crippen molar-refractivity contribution in [3.63, 3.8) is 0 Å². The Labute approximate surface area is 146 Å². The Morgan fingerprint density at radius 2 is 2.12 bits per heavy atom. The van der Waals surface area contributed by atoms with E-state index >= 15 is 0 Å². The van der Waals surface area contributed by atoms with E-state index in [9.17, 15) is 4.79 Å². The van der Waals surface area contributed by atoms with Gasteiger partial charge in [-0.15, -0.1) is 0 Å². The van der Waals surface area contributed by atoms with E-state index in [1.165, 1.54) is 5.56 Å². The number of hydrogen-bond acceptors (Lipinski definition) is 4. The van der Waals surface area contributed by atoms with Crippen LogP contribution in [0, 0.1) is 0 Å². The van der Waals surface area contributed by atoms with Gasteiger partial charge in [0.25, 0.3) is 5.91 Å². The van der Waals surface area contributed by atoms with Crippen molar-refractivity contribution in [1.29, 1.82) is 0 Å². The molecule has 0 aliphatic carbocycles. The molecular weight excluding hydrogens is 302 g/mol. The molecule has 1 heterocycles. The van der Waals surface area contributed by atoms with Gasteiger partial charge >= 0.3 is 0 Å². The zero-order valence-corrected chi connectivity index (χ0v) is 15.5. The molecule has 0 bridgehead atoms. The lowest BCUT2D eigenvalue weighted by molar-refractivity contribution is 0.0465. The average molecular weight is 333 g/mol. The molecule has 1 aromatic rings. The summed E-state index contributed by atoms with van der Waals surface area (Å²) < 4.78 is 5.22. The Hall–Kier alpha value is -1.43. The van der Waals surface area contributed by atoms with Crippen LogP contribution in [0.15, 0.2) is 24.3 Å². The van der Waals surface area contributed by atoms with Gasteiger partial charge in [-0.3, -0.25) is 14.6 Å². The number of rotatable bonds is 7. The van der Waals surface area contributed by atoms with Crippen LogP contribution < -0.4 is 0 Å². The largest absolute Gasteiger partial charge is 0.383 e. The van der Waals surface area contributed by atoms with E-state index in [2.05, 4.69) is 22.8 Å². The molecule has 1 aromatic carbocycles. The van der Waals surface area contributed by atoms with Crippen LogP contribution in [0.4, 0.5) is 0 Å². The summed E-state index contributed by atoms with van der Waals surface area (Å²) in [6, 6.07) is 8.60. The van der Waals surface area contributed by atoms with E-state index in [0.717, 1.165) is 51.3 Å². The van der Waals surface area contributed by atoms with E-state index in [0.29, 0.717) is 6.04 Å². The lowest BCUT2D eigenvalue weighted by Gasteiger charge is -2.41. The van der Waals surface area contributed by atoms with Gasteiger partial charge in [-0.05, 0) is 24.1 Å². The molecule has 0 N–H and O–H groups in total. The van der Waals surface area contributed by atoms with Crippen molar-refractivity contribution in [3.05, 3.63) is 35.4 Å². The normalized spacial score (nSPS) is 19.4. The second-order valence-electron chi connectivity index (χ2n) is 6.73. The van der Waals surface area contributed by atoms with E-state index in [4.69, 9.17) is 4.74 Å². The average Bonchev–Trinajstić information content (AvgIpc) is 2.60. The van der Waals surface area contributed by atoms with Crippen molar-refractivity contribution in [1.82, 2.24) is 14.7 Å². The highest BCUT2D eigenvalue weighted by atomic mass is 16.5. The molecule has 24 heavy (non-hydrogen) atoms. The minimum atomic E-state index is 0.0627. The standard InChI is InChI=1S/C19H31N3O2/c1-5-18-15-21(9-10-22(18)11-12-24-4)14-16-7-6-8-17(13-16)19(23)20(2)3/h6-8,13,18H,5,9-12,14-15H2,1-4H3/t18-/m0/s1. The second-order valence-corrected chi connectivity index (χ2v) is 6.73. The minimum Gasteiger partial charge on any atom is -0.383 e. The van der Waals surface area contributed by atoms with E-state index < -0.39 is 0 Å². The molecule has 2 rings (SSSR count). The SMILES string of the molecule is CC[C@H]1CN(Cc2cccc(C(=O)N(C)C)c2)CCN1CCOC. The highest BCUT2D eigenvalue weighted by molar-refractivity contribution is 5.94. The van der Waals surface area contributed by atoms with Gasteiger partial charge < -0.3 is 9.64 Å². The molecule has 0 unspecified atom stereocenters. The van der Waals surface area contributed by atoms with Crippen molar-refractivity contribution in [2.24, 2.45) is 0 Å². The van der Waals surface area contributed by atoms with Crippen molar-refractivity contribution in [2.75, 3.05) is 54.0 Å². The maximum atomic E-state index is 12.1. The third kappa shape index (κ3) is 5.03. The van der Waals surface area contributed by atoms with Crippen molar-refractivity contribution >= 4 is 5.91 Å². The first-order valence-electron chi connectivity index (χ1n) is 8.81. The molecule has 0 spiro atoms. The monoisotopic (exact) mass is 333 g/mol. The van der Waals surface area contributed by atoms with E-state index in [1.807, 2.05) is 18.2 Å². The van der Waals surface area contributed by atoms with Gasteiger partial charge in [-0.1, -0.05) is 19.1 Å². The number of carbonyl (C=O) groups excluding carboxylic acids is 1. The van der Waals surface area contributed by atoms with Crippen molar-refractivity contribution < 1.29 is 9.53 Å². The van der Waals surface area contributed by atoms with Crippen LogP contribution in [0.1, 0.15) is 29.3 Å². The molecule has 1 aliphatic heterocycles. The summed E-state index contributed by atoms with van der Waals surface area (Å²) in [7, 11) is 5.35. The van der Waals surface area contributed by atoms with E-state index in [1.54, 1.807) is 26.1 Å². The molecule has 5 heteroatoms. The lowest BCUT2D eigenvalue weighted by atomic mass is 10.1. The molecule has 1 aliphatic rings. The van der Waals surface area contributed by atoms with Gasteiger partial charge in [0.2, 0.25) is 0 Å². The zero-order chi connectivity index (χ0) is 17.5.